The van der Waals surface area contributed by atoms with Gasteiger partial charge in [-0.3, -0.25) is 9.59 Å². The zero-order valence-electron chi connectivity index (χ0n) is 13.5. The molecule has 0 aromatic heterocycles. The Morgan fingerprint density at radius 2 is 1.91 bits per heavy atom. The minimum Gasteiger partial charge on any atom is -0.396 e. The molecule has 1 aliphatic rings. The van der Waals surface area contributed by atoms with Crippen LogP contribution >= 0.6 is 0 Å². The van der Waals surface area contributed by atoms with Gasteiger partial charge in [-0.1, -0.05) is 44.2 Å². The second-order valence-corrected chi connectivity index (χ2v) is 6.24. The van der Waals surface area contributed by atoms with Crippen molar-refractivity contribution in [1.29, 1.82) is 0 Å². The van der Waals surface area contributed by atoms with Gasteiger partial charge < -0.3 is 15.7 Å². The summed E-state index contributed by atoms with van der Waals surface area (Å²) in [6.45, 7) is 3.88. The first-order valence-corrected chi connectivity index (χ1v) is 7.96. The molecule has 3 N–H and O–H groups in total. The Bertz CT molecular complexity index is 569. The Labute approximate surface area is 136 Å². The summed E-state index contributed by atoms with van der Waals surface area (Å²) in [5, 5.41) is 14.9. The lowest BCUT2D eigenvalue weighted by Gasteiger charge is -2.23. The van der Waals surface area contributed by atoms with E-state index in [1.165, 1.54) is 0 Å². The second-order valence-electron chi connectivity index (χ2n) is 6.24. The predicted molar refractivity (Wildman–Crippen MR) is 88.8 cm³/mol. The molecule has 0 heterocycles. The molecule has 5 heteroatoms. The molecular weight excluding hydrogens is 292 g/mol. The van der Waals surface area contributed by atoms with Crippen LogP contribution < -0.4 is 10.6 Å². The van der Waals surface area contributed by atoms with E-state index in [9.17, 15) is 9.59 Å². The molecular formula is C18H24N2O3. The normalized spacial score (nSPS) is 21.2. The quantitative estimate of drug-likeness (QED) is 0.696. The third-order valence-corrected chi connectivity index (χ3v) is 4.01. The van der Waals surface area contributed by atoms with Crippen LogP contribution in [0.3, 0.4) is 0 Å². The van der Waals surface area contributed by atoms with Crippen LogP contribution in [-0.2, 0) is 4.79 Å². The third-order valence-electron chi connectivity index (χ3n) is 4.01. The molecule has 23 heavy (non-hydrogen) atoms. The molecule has 0 fully saturated rings. The Morgan fingerprint density at radius 3 is 2.48 bits per heavy atom. The number of rotatable bonds is 6. The smallest absolute Gasteiger partial charge is 0.251 e. The van der Waals surface area contributed by atoms with E-state index in [1.807, 2.05) is 32.1 Å². The fourth-order valence-corrected chi connectivity index (χ4v) is 2.64. The Kier molecular flexibility index (Phi) is 5.93. The monoisotopic (exact) mass is 316 g/mol. The van der Waals surface area contributed by atoms with Gasteiger partial charge in [0.25, 0.3) is 5.91 Å². The number of amides is 2. The predicted octanol–water partition coefficient (Wildman–Crippen LogP) is 1.49. The molecule has 0 saturated carbocycles. The van der Waals surface area contributed by atoms with Crippen LogP contribution in [0.4, 0.5) is 0 Å². The summed E-state index contributed by atoms with van der Waals surface area (Å²) in [6, 6.07) is 8.17. The number of hydrogen-bond donors (Lipinski definition) is 3. The minimum atomic E-state index is -0.593. The average molecular weight is 316 g/mol. The largest absolute Gasteiger partial charge is 0.396 e. The van der Waals surface area contributed by atoms with Crippen LogP contribution in [0.2, 0.25) is 0 Å². The molecule has 3 atom stereocenters. The molecule has 2 rings (SSSR count). The topological polar surface area (TPSA) is 78.4 Å². The van der Waals surface area contributed by atoms with Gasteiger partial charge >= 0.3 is 0 Å². The molecule has 5 nitrogen and oxygen atoms in total. The van der Waals surface area contributed by atoms with Crippen LogP contribution in [0.15, 0.2) is 42.5 Å². The highest BCUT2D eigenvalue weighted by molar-refractivity contribution is 5.97. The molecule has 0 spiro atoms. The fraction of sp³-hybridized carbons (Fsp3) is 0.444. The highest BCUT2D eigenvalue weighted by Crippen LogP contribution is 2.17. The van der Waals surface area contributed by atoms with E-state index < -0.39 is 6.04 Å². The van der Waals surface area contributed by atoms with Gasteiger partial charge in [0, 0.05) is 24.1 Å². The van der Waals surface area contributed by atoms with Crippen molar-refractivity contribution in [3.63, 3.8) is 0 Å². The van der Waals surface area contributed by atoms with E-state index in [0.29, 0.717) is 12.0 Å². The summed E-state index contributed by atoms with van der Waals surface area (Å²) in [7, 11) is 0. The highest BCUT2D eigenvalue weighted by atomic mass is 16.3. The van der Waals surface area contributed by atoms with Gasteiger partial charge in [0.05, 0.1) is 0 Å². The first kappa shape index (κ1) is 17.2. The van der Waals surface area contributed by atoms with Crippen molar-refractivity contribution in [1.82, 2.24) is 10.6 Å². The molecule has 0 saturated heterocycles. The number of aliphatic hydroxyl groups excluding tert-OH is 1. The molecule has 1 aromatic rings. The summed E-state index contributed by atoms with van der Waals surface area (Å²) < 4.78 is 0. The van der Waals surface area contributed by atoms with Crippen molar-refractivity contribution in [2.45, 2.75) is 32.4 Å². The standard InChI is InChI=1S/C18H24N2O3/c1-12(2)16(20-17(22)14-6-4-3-5-7-14)18(23)19-15-9-8-13(10-15)11-21/h3-9,12-13,15-16,21H,10-11H2,1-2H3,(H,19,23)(H,20,22)/t13-,15+,16+/m0/s1. The number of carbonyl (C=O) groups is 2. The number of carbonyl (C=O) groups excluding carboxylic acids is 2. The van der Waals surface area contributed by atoms with Crippen molar-refractivity contribution < 1.29 is 14.7 Å². The average Bonchev–Trinajstić information content (AvgIpc) is 3.00. The lowest BCUT2D eigenvalue weighted by molar-refractivity contribution is -0.124. The van der Waals surface area contributed by atoms with Gasteiger partial charge in [-0.25, -0.2) is 0 Å². The maximum atomic E-state index is 12.5. The number of benzene rings is 1. The highest BCUT2D eigenvalue weighted by Gasteiger charge is 2.27. The molecule has 0 aliphatic heterocycles. The molecule has 0 unspecified atom stereocenters. The van der Waals surface area contributed by atoms with Gasteiger partial charge in [0.2, 0.25) is 5.91 Å². The number of aliphatic hydroxyl groups is 1. The number of nitrogens with one attached hydrogen (secondary N) is 2. The van der Waals surface area contributed by atoms with E-state index in [1.54, 1.807) is 24.3 Å². The van der Waals surface area contributed by atoms with E-state index in [2.05, 4.69) is 10.6 Å². The molecule has 124 valence electrons. The summed E-state index contributed by atoms with van der Waals surface area (Å²) in [4.78, 5) is 24.7. The van der Waals surface area contributed by atoms with E-state index >= 15 is 0 Å². The van der Waals surface area contributed by atoms with Crippen molar-refractivity contribution in [3.05, 3.63) is 48.0 Å². The first-order chi connectivity index (χ1) is 11.0. The van der Waals surface area contributed by atoms with Gasteiger partial charge in [0.15, 0.2) is 0 Å². The van der Waals surface area contributed by atoms with E-state index in [0.717, 1.165) is 0 Å². The third kappa shape index (κ3) is 4.66. The van der Waals surface area contributed by atoms with Crippen molar-refractivity contribution in [2.24, 2.45) is 11.8 Å². The van der Waals surface area contributed by atoms with Gasteiger partial charge in [-0.15, -0.1) is 0 Å². The lowest BCUT2D eigenvalue weighted by Crippen LogP contribution is -2.51. The summed E-state index contributed by atoms with van der Waals surface area (Å²) in [5.74, 6) is -0.384. The van der Waals surface area contributed by atoms with Crippen LogP contribution in [0.1, 0.15) is 30.6 Å². The van der Waals surface area contributed by atoms with Gasteiger partial charge in [0.1, 0.15) is 6.04 Å². The molecule has 1 aliphatic carbocycles. The SMILES string of the molecule is CC(C)[C@@H](NC(=O)c1ccccc1)C(=O)N[C@@H]1C=C[C@H](CO)C1. The van der Waals surface area contributed by atoms with Crippen LogP contribution in [0.5, 0.6) is 0 Å². The van der Waals surface area contributed by atoms with Gasteiger partial charge in [-0.05, 0) is 24.5 Å². The van der Waals surface area contributed by atoms with E-state index in [-0.39, 0.29) is 36.3 Å². The first-order valence-electron chi connectivity index (χ1n) is 7.96. The fourth-order valence-electron chi connectivity index (χ4n) is 2.64. The molecule has 2 amide bonds. The second kappa shape index (κ2) is 7.92. The zero-order chi connectivity index (χ0) is 16.8. The Balaban J connectivity index is 1.97. The molecule has 0 radical (unpaired) electrons. The van der Waals surface area contributed by atoms with Gasteiger partial charge in [-0.2, -0.15) is 0 Å². The van der Waals surface area contributed by atoms with Crippen LogP contribution in [-0.4, -0.2) is 35.6 Å². The van der Waals surface area contributed by atoms with Crippen molar-refractivity contribution in [2.75, 3.05) is 6.61 Å². The van der Waals surface area contributed by atoms with Crippen LogP contribution in [0, 0.1) is 11.8 Å². The molecule has 0 bridgehead atoms. The van der Waals surface area contributed by atoms with E-state index in [4.69, 9.17) is 5.11 Å². The Morgan fingerprint density at radius 1 is 1.22 bits per heavy atom. The maximum absolute atomic E-state index is 12.5. The van der Waals surface area contributed by atoms with Crippen LogP contribution in [0.25, 0.3) is 0 Å². The number of hydrogen-bond acceptors (Lipinski definition) is 3. The summed E-state index contributed by atoms with van der Waals surface area (Å²) in [6.07, 6.45) is 4.51. The van der Waals surface area contributed by atoms with Crippen molar-refractivity contribution in [3.8, 4) is 0 Å². The zero-order valence-corrected chi connectivity index (χ0v) is 13.5. The summed E-state index contributed by atoms with van der Waals surface area (Å²) in [5.41, 5.74) is 0.534. The maximum Gasteiger partial charge on any atom is 0.251 e. The van der Waals surface area contributed by atoms with Crippen molar-refractivity contribution >= 4 is 11.8 Å². The molecule has 1 aromatic carbocycles. The minimum absolute atomic E-state index is 0.0262. The summed E-state index contributed by atoms with van der Waals surface area (Å²) >= 11 is 0. The lowest BCUT2D eigenvalue weighted by atomic mass is 10.0. The Hall–Kier alpha value is -2.14.